The van der Waals surface area contributed by atoms with E-state index in [1.165, 1.54) is 25.7 Å². The minimum Gasteiger partial charge on any atom is -0.481 e. The van der Waals surface area contributed by atoms with Crippen molar-refractivity contribution < 1.29 is 14.7 Å². The van der Waals surface area contributed by atoms with Crippen LogP contribution in [0.1, 0.15) is 86.0 Å². The van der Waals surface area contributed by atoms with Gasteiger partial charge in [-0.15, -0.1) is 0 Å². The molecule has 0 aromatic rings. The van der Waals surface area contributed by atoms with E-state index in [1.54, 1.807) is 6.08 Å². The molecule has 0 aromatic heterocycles. The topological polar surface area (TPSA) is 54.4 Å². The zero-order valence-electron chi connectivity index (χ0n) is 19.2. The molecular formula is C26H42O3. The maximum absolute atomic E-state index is 12.8. The van der Waals surface area contributed by atoms with Gasteiger partial charge in [-0.25, -0.2) is 0 Å². The fourth-order valence-corrected chi connectivity index (χ4v) is 7.35. The van der Waals surface area contributed by atoms with Gasteiger partial charge >= 0.3 is 5.97 Å². The van der Waals surface area contributed by atoms with E-state index in [0.717, 1.165) is 31.6 Å². The summed E-state index contributed by atoms with van der Waals surface area (Å²) in [6.45, 7) is 11.4. The predicted molar refractivity (Wildman–Crippen MR) is 117 cm³/mol. The van der Waals surface area contributed by atoms with Crippen LogP contribution in [0, 0.1) is 52.8 Å². The molecule has 1 N–H and O–H groups in total. The maximum atomic E-state index is 12.8. The van der Waals surface area contributed by atoms with Gasteiger partial charge in [0.05, 0.1) is 5.92 Å². The Hall–Kier alpha value is -1.12. The van der Waals surface area contributed by atoms with Crippen LogP contribution >= 0.6 is 0 Å². The highest BCUT2D eigenvalue weighted by atomic mass is 16.4. The zero-order valence-corrected chi connectivity index (χ0v) is 19.2. The summed E-state index contributed by atoms with van der Waals surface area (Å²) in [5.74, 6) is 2.47. The second-order valence-electron chi connectivity index (χ2n) is 11.2. The number of allylic oxidation sites excluding steroid dienone is 2. The first-order chi connectivity index (χ1) is 13.7. The van der Waals surface area contributed by atoms with Crippen LogP contribution in [0.3, 0.4) is 0 Å². The lowest BCUT2D eigenvalue weighted by Crippen LogP contribution is -2.51. The van der Waals surface area contributed by atoms with Crippen LogP contribution in [-0.2, 0) is 9.59 Å². The standard InChI is InChI=1S/C26H42O3/c1-16(2)9-8-10-17(3)19-12-13-20-23(19)18(4)15-21(24(20)25(28)29)26(5)14-7-6-11-22(26)27/h6,11,16-21,23-24H,7-10,12-15H2,1-5H3,(H,28,29)/t17?,18-,19?,20?,21?,23?,24?,26?/m1/s1. The first-order valence-electron chi connectivity index (χ1n) is 12.1. The third-order valence-electron chi connectivity index (χ3n) is 8.94. The Labute approximate surface area is 177 Å². The van der Waals surface area contributed by atoms with E-state index in [1.807, 2.05) is 13.0 Å². The minimum absolute atomic E-state index is 0.0244. The van der Waals surface area contributed by atoms with E-state index in [4.69, 9.17) is 0 Å². The first-order valence-corrected chi connectivity index (χ1v) is 12.1. The van der Waals surface area contributed by atoms with Crippen molar-refractivity contribution in [3.63, 3.8) is 0 Å². The Morgan fingerprint density at radius 3 is 2.59 bits per heavy atom. The highest BCUT2D eigenvalue weighted by molar-refractivity contribution is 5.96. The Balaban J connectivity index is 1.80. The van der Waals surface area contributed by atoms with Gasteiger partial charge in [-0.1, -0.05) is 60.0 Å². The number of carbonyl (C=O) groups is 2. The van der Waals surface area contributed by atoms with E-state index < -0.39 is 11.4 Å². The molecule has 0 heterocycles. The molecule has 3 rings (SSSR count). The number of rotatable bonds is 7. The van der Waals surface area contributed by atoms with Crippen LogP contribution in [0.2, 0.25) is 0 Å². The normalized spacial score (nSPS) is 40.8. The predicted octanol–water partition coefficient (Wildman–Crippen LogP) is 6.37. The van der Waals surface area contributed by atoms with Gasteiger partial charge in [0.15, 0.2) is 5.78 Å². The van der Waals surface area contributed by atoms with E-state index in [-0.39, 0.29) is 23.5 Å². The third kappa shape index (κ3) is 4.35. The summed E-state index contributed by atoms with van der Waals surface area (Å²) in [5, 5.41) is 10.3. The van der Waals surface area contributed by atoms with Gasteiger partial charge in [0.25, 0.3) is 0 Å². The van der Waals surface area contributed by atoms with Crippen LogP contribution < -0.4 is 0 Å². The second kappa shape index (κ2) is 8.94. The maximum Gasteiger partial charge on any atom is 0.307 e. The summed E-state index contributed by atoms with van der Waals surface area (Å²) in [5.41, 5.74) is -0.502. The quantitative estimate of drug-likeness (QED) is 0.538. The SMILES string of the molecule is CC(C)CCCC(C)C1CCC2C(C(=O)O)C(C3(C)CCC=CC3=O)C[C@@H](C)C12. The highest BCUT2D eigenvalue weighted by Gasteiger charge is 2.57. The van der Waals surface area contributed by atoms with Crippen LogP contribution in [0.15, 0.2) is 12.2 Å². The minimum atomic E-state index is -0.659. The molecule has 0 aliphatic heterocycles. The van der Waals surface area contributed by atoms with Crippen LogP contribution in [0.5, 0.6) is 0 Å². The number of carboxylic acids is 1. The first kappa shape index (κ1) is 22.6. The summed E-state index contributed by atoms with van der Waals surface area (Å²) < 4.78 is 0. The molecule has 0 radical (unpaired) electrons. The Morgan fingerprint density at radius 2 is 1.97 bits per heavy atom. The lowest BCUT2D eigenvalue weighted by molar-refractivity contribution is -0.157. The summed E-state index contributed by atoms with van der Waals surface area (Å²) in [6.07, 6.45) is 12.3. The summed E-state index contributed by atoms with van der Waals surface area (Å²) in [7, 11) is 0. The Bertz CT molecular complexity index is 636. The molecule has 0 bridgehead atoms. The van der Waals surface area contributed by atoms with Gasteiger partial charge in [-0.05, 0) is 79.6 Å². The van der Waals surface area contributed by atoms with Crippen molar-refractivity contribution in [3.05, 3.63) is 12.2 Å². The van der Waals surface area contributed by atoms with Crippen molar-refractivity contribution >= 4 is 11.8 Å². The fraction of sp³-hybridized carbons (Fsp3) is 0.846. The van der Waals surface area contributed by atoms with Gasteiger partial charge in [0, 0.05) is 5.41 Å². The molecule has 2 fully saturated rings. The molecule has 3 nitrogen and oxygen atoms in total. The zero-order chi connectivity index (χ0) is 21.3. The molecule has 3 heteroatoms. The van der Waals surface area contributed by atoms with E-state index in [0.29, 0.717) is 23.7 Å². The molecule has 8 atom stereocenters. The summed E-state index contributed by atoms with van der Waals surface area (Å²) in [4.78, 5) is 25.3. The molecule has 0 amide bonds. The number of carboxylic acid groups (broad SMARTS) is 1. The average molecular weight is 403 g/mol. The van der Waals surface area contributed by atoms with Gasteiger partial charge in [-0.2, -0.15) is 0 Å². The van der Waals surface area contributed by atoms with Gasteiger partial charge in [0.1, 0.15) is 0 Å². The second-order valence-corrected chi connectivity index (χ2v) is 11.2. The highest BCUT2D eigenvalue weighted by Crippen LogP contribution is 2.59. The Morgan fingerprint density at radius 1 is 1.24 bits per heavy atom. The van der Waals surface area contributed by atoms with E-state index >= 15 is 0 Å². The number of carbonyl (C=O) groups excluding carboxylic acids is 1. The van der Waals surface area contributed by atoms with Crippen molar-refractivity contribution in [2.45, 2.75) is 86.0 Å². The molecule has 29 heavy (non-hydrogen) atoms. The number of hydrogen-bond donors (Lipinski definition) is 1. The molecule has 2 saturated carbocycles. The van der Waals surface area contributed by atoms with Crippen molar-refractivity contribution in [1.29, 1.82) is 0 Å². The van der Waals surface area contributed by atoms with Crippen LogP contribution in [0.4, 0.5) is 0 Å². The molecule has 3 aliphatic rings. The number of aliphatic carboxylic acids is 1. The van der Waals surface area contributed by atoms with Gasteiger partial charge in [0.2, 0.25) is 0 Å². The largest absolute Gasteiger partial charge is 0.481 e. The summed E-state index contributed by atoms with van der Waals surface area (Å²) >= 11 is 0. The van der Waals surface area contributed by atoms with Gasteiger partial charge in [-0.3, -0.25) is 9.59 Å². The number of fused-ring (bicyclic) bond motifs is 1. The van der Waals surface area contributed by atoms with Gasteiger partial charge < -0.3 is 5.11 Å². The average Bonchev–Trinajstić information content (AvgIpc) is 3.09. The molecule has 7 unspecified atom stereocenters. The molecule has 0 saturated heterocycles. The lowest BCUT2D eigenvalue weighted by Gasteiger charge is -2.50. The monoisotopic (exact) mass is 402 g/mol. The number of hydrogen-bond acceptors (Lipinski definition) is 2. The fourth-order valence-electron chi connectivity index (χ4n) is 7.35. The van der Waals surface area contributed by atoms with E-state index in [2.05, 4.69) is 27.7 Å². The van der Waals surface area contributed by atoms with Crippen molar-refractivity contribution in [3.8, 4) is 0 Å². The molecule has 3 aliphatic carbocycles. The van der Waals surface area contributed by atoms with Crippen molar-refractivity contribution in [1.82, 2.24) is 0 Å². The third-order valence-corrected chi connectivity index (χ3v) is 8.94. The van der Waals surface area contributed by atoms with Crippen LogP contribution in [0.25, 0.3) is 0 Å². The molecule has 164 valence electrons. The molecular weight excluding hydrogens is 360 g/mol. The smallest absolute Gasteiger partial charge is 0.307 e. The summed E-state index contributed by atoms with van der Waals surface area (Å²) in [6, 6.07) is 0. The van der Waals surface area contributed by atoms with E-state index in [9.17, 15) is 14.7 Å². The van der Waals surface area contributed by atoms with Crippen LogP contribution in [-0.4, -0.2) is 16.9 Å². The lowest BCUT2D eigenvalue weighted by atomic mass is 9.52. The van der Waals surface area contributed by atoms with Crippen molar-refractivity contribution in [2.75, 3.05) is 0 Å². The number of ketones is 1. The molecule has 0 aromatic carbocycles. The van der Waals surface area contributed by atoms with Crippen molar-refractivity contribution in [2.24, 2.45) is 52.8 Å². The molecule has 0 spiro atoms. The Kier molecular flexibility index (Phi) is 6.95.